The zero-order valence-electron chi connectivity index (χ0n) is 16.6. The van der Waals surface area contributed by atoms with Gasteiger partial charge in [0.1, 0.15) is 0 Å². The Morgan fingerprint density at radius 1 is 0.966 bits per heavy atom. The molecule has 2 aliphatic heterocycles. The molecule has 0 N–H and O–H groups in total. The molecule has 0 unspecified atom stereocenters. The Morgan fingerprint density at radius 2 is 1.69 bits per heavy atom. The first-order valence-corrected chi connectivity index (χ1v) is 10.9. The molecule has 4 rings (SSSR count). The van der Waals surface area contributed by atoms with Crippen molar-refractivity contribution >= 4 is 23.3 Å². The van der Waals surface area contributed by atoms with Crippen LogP contribution in [0.3, 0.4) is 0 Å². The van der Waals surface area contributed by atoms with E-state index in [1.807, 2.05) is 35.2 Å². The molecule has 0 radical (unpaired) electrons. The normalized spacial score (nSPS) is 18.4. The molecule has 0 spiro atoms. The van der Waals surface area contributed by atoms with Crippen LogP contribution in [0.5, 0.6) is 0 Å². The van der Waals surface area contributed by atoms with E-state index < -0.39 is 0 Å². The number of carbonyl (C=O) groups is 2. The zero-order chi connectivity index (χ0) is 20.2. The third-order valence-corrected chi connectivity index (χ3v) is 6.43. The Hall–Kier alpha value is -2.17. The van der Waals surface area contributed by atoms with Gasteiger partial charge in [0.2, 0.25) is 0 Å². The van der Waals surface area contributed by atoms with Gasteiger partial charge in [-0.25, -0.2) is 0 Å². The number of nitrogens with zero attached hydrogens (tertiary/aromatic N) is 2. The highest BCUT2D eigenvalue weighted by Gasteiger charge is 2.27. The summed E-state index contributed by atoms with van der Waals surface area (Å²) in [5.74, 6) is 0.464. The fourth-order valence-corrected chi connectivity index (χ4v) is 4.55. The molecule has 0 aliphatic carbocycles. The van der Waals surface area contributed by atoms with Gasteiger partial charge in [0.05, 0.1) is 0 Å². The lowest BCUT2D eigenvalue weighted by Gasteiger charge is -2.33. The molecule has 1 fully saturated rings. The Labute approximate surface area is 177 Å². The predicted octanol–water partition coefficient (Wildman–Crippen LogP) is 4.32. The van der Waals surface area contributed by atoms with Crippen LogP contribution in [0.2, 0.25) is 5.02 Å². The number of likely N-dealkylation sites (tertiary alicyclic amines) is 1. The van der Waals surface area contributed by atoms with Gasteiger partial charge in [0.25, 0.3) is 5.91 Å². The van der Waals surface area contributed by atoms with Crippen molar-refractivity contribution in [3.8, 4) is 0 Å². The van der Waals surface area contributed by atoms with Crippen LogP contribution in [-0.4, -0.2) is 54.2 Å². The summed E-state index contributed by atoms with van der Waals surface area (Å²) < 4.78 is 0. The van der Waals surface area contributed by atoms with Crippen LogP contribution in [0.25, 0.3) is 0 Å². The van der Waals surface area contributed by atoms with Gasteiger partial charge < -0.3 is 9.80 Å². The second-order valence-corrected chi connectivity index (χ2v) is 8.48. The smallest absolute Gasteiger partial charge is 0.254 e. The summed E-state index contributed by atoms with van der Waals surface area (Å²) in [6.07, 6.45) is 3.73. The SMILES string of the molecule is O=C(c1ccc(Cl)cc1)C1CCN(CCN2CCCc3ccccc3C2=O)CC1. The highest BCUT2D eigenvalue weighted by atomic mass is 35.5. The quantitative estimate of drug-likeness (QED) is 0.689. The van der Waals surface area contributed by atoms with E-state index in [2.05, 4.69) is 11.0 Å². The number of Topliss-reactive ketones (excluding diaryl/α,β-unsaturated/α-hetero) is 1. The van der Waals surface area contributed by atoms with Gasteiger partial charge in [-0.1, -0.05) is 29.8 Å². The third-order valence-electron chi connectivity index (χ3n) is 6.18. The molecular weight excluding hydrogens is 384 g/mol. The molecule has 0 aromatic heterocycles. The molecule has 2 aromatic rings. The summed E-state index contributed by atoms with van der Waals surface area (Å²) in [6, 6.07) is 15.2. The Morgan fingerprint density at radius 3 is 2.45 bits per heavy atom. The molecule has 0 atom stereocenters. The lowest BCUT2D eigenvalue weighted by Crippen LogP contribution is -2.42. The monoisotopic (exact) mass is 410 g/mol. The number of hydrogen-bond donors (Lipinski definition) is 0. The number of ketones is 1. The Bertz CT molecular complexity index is 873. The van der Waals surface area contributed by atoms with Gasteiger partial charge in [-0.05, 0) is 74.7 Å². The maximum atomic E-state index is 12.9. The second-order valence-electron chi connectivity index (χ2n) is 8.04. The van der Waals surface area contributed by atoms with E-state index >= 15 is 0 Å². The first-order chi connectivity index (χ1) is 14.1. The van der Waals surface area contributed by atoms with Gasteiger partial charge in [-0.3, -0.25) is 9.59 Å². The molecule has 4 nitrogen and oxygen atoms in total. The number of amides is 1. The first-order valence-electron chi connectivity index (χ1n) is 10.5. The fraction of sp³-hybridized carbons (Fsp3) is 0.417. The minimum Gasteiger partial charge on any atom is -0.337 e. The Balaban J connectivity index is 1.28. The maximum absolute atomic E-state index is 12.9. The van der Waals surface area contributed by atoms with Crippen molar-refractivity contribution in [3.05, 3.63) is 70.2 Å². The van der Waals surface area contributed by atoms with Gasteiger partial charge >= 0.3 is 0 Å². The minimum absolute atomic E-state index is 0.0825. The van der Waals surface area contributed by atoms with Crippen molar-refractivity contribution in [1.29, 1.82) is 0 Å². The number of rotatable bonds is 5. The summed E-state index contributed by atoms with van der Waals surface area (Å²) in [6.45, 7) is 4.25. The van der Waals surface area contributed by atoms with E-state index in [9.17, 15) is 9.59 Å². The molecule has 29 heavy (non-hydrogen) atoms. The lowest BCUT2D eigenvalue weighted by atomic mass is 9.89. The highest BCUT2D eigenvalue weighted by Crippen LogP contribution is 2.23. The van der Waals surface area contributed by atoms with Gasteiger partial charge in [-0.2, -0.15) is 0 Å². The number of halogens is 1. The van der Waals surface area contributed by atoms with Crippen molar-refractivity contribution in [2.45, 2.75) is 25.7 Å². The lowest BCUT2D eigenvalue weighted by molar-refractivity contribution is 0.0717. The van der Waals surface area contributed by atoms with Crippen molar-refractivity contribution < 1.29 is 9.59 Å². The van der Waals surface area contributed by atoms with Crippen LogP contribution in [0.15, 0.2) is 48.5 Å². The van der Waals surface area contributed by atoms with Gasteiger partial charge in [-0.15, -0.1) is 0 Å². The molecule has 152 valence electrons. The molecule has 1 amide bonds. The maximum Gasteiger partial charge on any atom is 0.254 e. The van der Waals surface area contributed by atoms with Crippen LogP contribution in [-0.2, 0) is 6.42 Å². The van der Waals surface area contributed by atoms with E-state index in [0.717, 1.165) is 69.5 Å². The van der Waals surface area contributed by atoms with Crippen molar-refractivity contribution in [3.63, 3.8) is 0 Å². The van der Waals surface area contributed by atoms with E-state index in [-0.39, 0.29) is 17.6 Å². The van der Waals surface area contributed by atoms with E-state index in [1.54, 1.807) is 12.1 Å². The fourth-order valence-electron chi connectivity index (χ4n) is 4.42. The van der Waals surface area contributed by atoms with Crippen molar-refractivity contribution in [2.75, 3.05) is 32.7 Å². The number of aryl methyl sites for hydroxylation is 1. The van der Waals surface area contributed by atoms with Crippen LogP contribution in [0.1, 0.15) is 45.5 Å². The molecule has 2 aliphatic rings. The van der Waals surface area contributed by atoms with Crippen molar-refractivity contribution in [2.24, 2.45) is 5.92 Å². The molecule has 2 heterocycles. The summed E-state index contributed by atoms with van der Waals surface area (Å²) in [4.78, 5) is 30.0. The third kappa shape index (κ3) is 4.71. The second kappa shape index (κ2) is 9.10. The number of carbonyl (C=O) groups excluding carboxylic acids is 2. The van der Waals surface area contributed by atoms with Gasteiger partial charge in [0, 0.05) is 41.7 Å². The average Bonchev–Trinajstić information content (AvgIpc) is 2.92. The van der Waals surface area contributed by atoms with E-state index in [4.69, 9.17) is 11.6 Å². The highest BCUT2D eigenvalue weighted by molar-refractivity contribution is 6.30. The van der Waals surface area contributed by atoms with Crippen LogP contribution >= 0.6 is 11.6 Å². The standard InChI is InChI=1S/C24H27ClN2O2/c25-21-9-7-19(8-10-21)23(28)20-11-14-26(15-12-20)16-17-27-13-3-5-18-4-1-2-6-22(18)24(27)29/h1-2,4,6-10,20H,3,5,11-17H2. The number of hydrogen-bond acceptors (Lipinski definition) is 3. The largest absolute Gasteiger partial charge is 0.337 e. The van der Waals surface area contributed by atoms with E-state index in [1.165, 1.54) is 5.56 Å². The Kier molecular flexibility index (Phi) is 6.31. The van der Waals surface area contributed by atoms with Crippen LogP contribution in [0, 0.1) is 5.92 Å². The van der Waals surface area contributed by atoms with Crippen LogP contribution in [0.4, 0.5) is 0 Å². The van der Waals surface area contributed by atoms with Gasteiger partial charge in [0.15, 0.2) is 5.78 Å². The summed E-state index contributed by atoms with van der Waals surface area (Å²) in [5, 5.41) is 0.655. The average molecular weight is 411 g/mol. The molecule has 1 saturated heterocycles. The summed E-state index contributed by atoms with van der Waals surface area (Å²) in [7, 11) is 0. The minimum atomic E-state index is 0.0825. The van der Waals surface area contributed by atoms with E-state index in [0.29, 0.717) is 5.02 Å². The summed E-state index contributed by atoms with van der Waals surface area (Å²) in [5.41, 5.74) is 2.78. The molecule has 2 aromatic carbocycles. The molecule has 5 heteroatoms. The topological polar surface area (TPSA) is 40.6 Å². The number of benzene rings is 2. The number of piperidine rings is 1. The zero-order valence-corrected chi connectivity index (χ0v) is 17.4. The molecular formula is C24H27ClN2O2. The van der Waals surface area contributed by atoms with Crippen molar-refractivity contribution in [1.82, 2.24) is 9.80 Å². The summed E-state index contributed by atoms with van der Waals surface area (Å²) >= 11 is 5.92. The predicted molar refractivity (Wildman–Crippen MR) is 116 cm³/mol. The molecule has 0 bridgehead atoms. The molecule has 0 saturated carbocycles. The van der Waals surface area contributed by atoms with Crippen LogP contribution < -0.4 is 0 Å². The first kappa shape index (κ1) is 20.1. The number of fused-ring (bicyclic) bond motifs is 1.